The minimum Gasteiger partial charge on any atom is -0.481 e. The van der Waals surface area contributed by atoms with Gasteiger partial charge in [-0.2, -0.15) is 10.4 Å². The van der Waals surface area contributed by atoms with Gasteiger partial charge in [0.1, 0.15) is 23.7 Å². The molecule has 0 aliphatic carbocycles. The molecule has 1 amide bonds. The van der Waals surface area contributed by atoms with Gasteiger partial charge < -0.3 is 19.3 Å². The molecule has 1 fully saturated rings. The lowest BCUT2D eigenvalue weighted by molar-refractivity contribution is -0.132. The van der Waals surface area contributed by atoms with E-state index in [0.29, 0.717) is 43.1 Å². The first-order valence-electron chi connectivity index (χ1n) is 11.6. The maximum absolute atomic E-state index is 12.7. The summed E-state index contributed by atoms with van der Waals surface area (Å²) >= 11 is 0. The molecule has 0 bridgehead atoms. The largest absolute Gasteiger partial charge is 0.481 e. The summed E-state index contributed by atoms with van der Waals surface area (Å²) in [5.74, 6) is 1.20. The highest BCUT2D eigenvalue weighted by Gasteiger charge is 2.22. The molecule has 1 aliphatic heterocycles. The standard InChI is InChI=1S/C25H27N7O4/c1-18-21(16-29-30-25(18)34)36-22(20-4-7-27-8-5-20)17-35-13-6-24(33)32-11-9-31(10-12-32)23-3-2-19(14-26)15-28-23/h2-5,7-8,15-16,22H,6,9-13,17H2,1H3,(H,30,34)/t22-/m0/s1. The van der Waals surface area contributed by atoms with E-state index in [-0.39, 0.29) is 31.1 Å². The topological polar surface area (TPSA) is 137 Å². The summed E-state index contributed by atoms with van der Waals surface area (Å²) in [5, 5.41) is 15.1. The molecule has 1 aliphatic rings. The molecule has 36 heavy (non-hydrogen) atoms. The van der Waals surface area contributed by atoms with Crippen molar-refractivity contribution < 1.29 is 14.3 Å². The van der Waals surface area contributed by atoms with Gasteiger partial charge in [-0.15, -0.1) is 0 Å². The van der Waals surface area contributed by atoms with Crippen LogP contribution in [0.15, 0.2) is 53.8 Å². The number of piperazine rings is 1. The fourth-order valence-corrected chi connectivity index (χ4v) is 3.82. The highest BCUT2D eigenvalue weighted by molar-refractivity contribution is 5.76. The van der Waals surface area contributed by atoms with Crippen LogP contribution in [0.4, 0.5) is 5.82 Å². The molecule has 4 heterocycles. The number of aromatic amines is 1. The van der Waals surface area contributed by atoms with Crippen molar-refractivity contribution in [2.75, 3.05) is 44.3 Å². The van der Waals surface area contributed by atoms with Crippen LogP contribution in [0.25, 0.3) is 0 Å². The molecule has 0 radical (unpaired) electrons. The van der Waals surface area contributed by atoms with Gasteiger partial charge in [0, 0.05) is 44.8 Å². The average Bonchev–Trinajstić information content (AvgIpc) is 2.93. The molecule has 11 nitrogen and oxygen atoms in total. The number of anilines is 1. The molecule has 1 atom stereocenters. The van der Waals surface area contributed by atoms with E-state index in [2.05, 4.69) is 31.1 Å². The van der Waals surface area contributed by atoms with Crippen LogP contribution < -0.4 is 15.2 Å². The van der Waals surface area contributed by atoms with E-state index >= 15 is 0 Å². The van der Waals surface area contributed by atoms with Crippen molar-refractivity contribution in [3.05, 3.63) is 76.1 Å². The summed E-state index contributed by atoms with van der Waals surface area (Å²) in [6.45, 7) is 4.64. The van der Waals surface area contributed by atoms with E-state index in [9.17, 15) is 9.59 Å². The first-order chi connectivity index (χ1) is 17.5. The summed E-state index contributed by atoms with van der Waals surface area (Å²) in [6.07, 6.45) is 6.09. The van der Waals surface area contributed by atoms with Crippen LogP contribution in [0.5, 0.6) is 5.75 Å². The number of nitriles is 1. The minimum atomic E-state index is -0.492. The summed E-state index contributed by atoms with van der Waals surface area (Å²) < 4.78 is 11.9. The zero-order chi connectivity index (χ0) is 25.3. The van der Waals surface area contributed by atoms with Crippen LogP contribution >= 0.6 is 0 Å². The Kier molecular flexibility index (Phi) is 8.20. The van der Waals surface area contributed by atoms with E-state index in [4.69, 9.17) is 14.7 Å². The van der Waals surface area contributed by atoms with Crippen LogP contribution in [0.2, 0.25) is 0 Å². The fourth-order valence-electron chi connectivity index (χ4n) is 3.82. The van der Waals surface area contributed by atoms with Gasteiger partial charge in [0.2, 0.25) is 5.91 Å². The number of H-pyrrole nitrogens is 1. The second-order valence-electron chi connectivity index (χ2n) is 8.29. The van der Waals surface area contributed by atoms with Crippen LogP contribution in [0.3, 0.4) is 0 Å². The van der Waals surface area contributed by atoms with Gasteiger partial charge in [-0.25, -0.2) is 10.1 Å². The molecule has 1 N–H and O–H groups in total. The van der Waals surface area contributed by atoms with Crippen LogP contribution in [0, 0.1) is 18.3 Å². The van der Waals surface area contributed by atoms with Crippen molar-refractivity contribution in [2.45, 2.75) is 19.4 Å². The van der Waals surface area contributed by atoms with E-state index in [1.165, 1.54) is 6.20 Å². The van der Waals surface area contributed by atoms with Crippen LogP contribution in [-0.2, 0) is 9.53 Å². The molecular formula is C25H27N7O4. The number of pyridine rings is 2. The molecule has 1 saturated heterocycles. The maximum atomic E-state index is 12.7. The third-order valence-electron chi connectivity index (χ3n) is 5.97. The van der Waals surface area contributed by atoms with Gasteiger partial charge in [-0.05, 0) is 36.8 Å². The van der Waals surface area contributed by atoms with Crippen molar-refractivity contribution in [3.8, 4) is 11.8 Å². The summed E-state index contributed by atoms with van der Waals surface area (Å²) in [4.78, 5) is 36.9. The molecular weight excluding hydrogens is 462 g/mol. The Bertz CT molecular complexity index is 1250. The Balaban J connectivity index is 1.26. The Morgan fingerprint density at radius 1 is 1.17 bits per heavy atom. The lowest BCUT2D eigenvalue weighted by Crippen LogP contribution is -2.49. The third kappa shape index (κ3) is 6.22. The molecule has 0 aromatic carbocycles. The van der Waals surface area contributed by atoms with E-state index in [1.807, 2.05) is 23.1 Å². The fraction of sp³-hybridized carbons (Fsp3) is 0.360. The SMILES string of the molecule is Cc1c(O[C@@H](COCCC(=O)N2CCN(c3ccc(C#N)cn3)CC2)c2ccncc2)cn[nH]c1=O. The van der Waals surface area contributed by atoms with Crippen molar-refractivity contribution in [2.24, 2.45) is 0 Å². The Labute approximate surface area is 208 Å². The van der Waals surface area contributed by atoms with Gasteiger partial charge in [-0.1, -0.05) is 0 Å². The zero-order valence-electron chi connectivity index (χ0n) is 20.0. The molecule has 4 rings (SSSR count). The quantitative estimate of drug-likeness (QED) is 0.444. The van der Waals surface area contributed by atoms with Crippen molar-refractivity contribution in [3.63, 3.8) is 0 Å². The summed E-state index contributed by atoms with van der Waals surface area (Å²) in [5.41, 5.74) is 1.47. The molecule has 0 saturated carbocycles. The van der Waals surface area contributed by atoms with E-state index in [1.54, 1.807) is 31.6 Å². The number of carbonyl (C=O) groups excluding carboxylic acids is 1. The lowest BCUT2D eigenvalue weighted by Gasteiger charge is -2.35. The van der Waals surface area contributed by atoms with E-state index in [0.717, 1.165) is 11.4 Å². The predicted molar refractivity (Wildman–Crippen MR) is 130 cm³/mol. The second kappa shape index (κ2) is 11.9. The van der Waals surface area contributed by atoms with Crippen molar-refractivity contribution in [1.29, 1.82) is 5.26 Å². The van der Waals surface area contributed by atoms with Crippen molar-refractivity contribution in [1.82, 2.24) is 25.1 Å². The van der Waals surface area contributed by atoms with Crippen LogP contribution in [-0.4, -0.2) is 70.4 Å². The number of ether oxygens (including phenoxy) is 2. The van der Waals surface area contributed by atoms with Crippen LogP contribution in [0.1, 0.15) is 29.2 Å². The number of amides is 1. The molecule has 3 aromatic rings. The number of hydrogen-bond acceptors (Lipinski definition) is 9. The summed E-state index contributed by atoms with van der Waals surface area (Å²) in [6, 6.07) is 9.27. The third-order valence-corrected chi connectivity index (χ3v) is 5.97. The molecule has 3 aromatic heterocycles. The number of nitrogens with zero attached hydrogens (tertiary/aromatic N) is 6. The maximum Gasteiger partial charge on any atom is 0.270 e. The Morgan fingerprint density at radius 2 is 1.94 bits per heavy atom. The van der Waals surface area contributed by atoms with Gasteiger partial charge in [0.25, 0.3) is 5.56 Å². The molecule has 0 unspecified atom stereocenters. The number of aromatic nitrogens is 4. The van der Waals surface area contributed by atoms with Gasteiger partial charge >= 0.3 is 0 Å². The second-order valence-corrected chi connectivity index (χ2v) is 8.29. The highest BCUT2D eigenvalue weighted by atomic mass is 16.5. The first kappa shape index (κ1) is 24.8. The van der Waals surface area contributed by atoms with Crippen molar-refractivity contribution >= 4 is 11.7 Å². The monoisotopic (exact) mass is 489 g/mol. The molecule has 186 valence electrons. The predicted octanol–water partition coefficient (Wildman–Crippen LogP) is 1.62. The smallest absolute Gasteiger partial charge is 0.270 e. The molecule has 0 spiro atoms. The average molecular weight is 490 g/mol. The van der Waals surface area contributed by atoms with Gasteiger partial charge in [0.05, 0.1) is 37.0 Å². The number of hydrogen-bond donors (Lipinski definition) is 1. The summed E-state index contributed by atoms with van der Waals surface area (Å²) in [7, 11) is 0. The molecule has 11 heteroatoms. The minimum absolute atomic E-state index is 0.0263. The van der Waals surface area contributed by atoms with Gasteiger partial charge in [0.15, 0.2) is 0 Å². The zero-order valence-corrected chi connectivity index (χ0v) is 20.0. The number of nitrogens with one attached hydrogen (secondary N) is 1. The van der Waals surface area contributed by atoms with E-state index < -0.39 is 6.10 Å². The Hall–Kier alpha value is -4.30. The highest BCUT2D eigenvalue weighted by Crippen LogP contribution is 2.23. The normalized spacial score (nSPS) is 14.2. The van der Waals surface area contributed by atoms with Gasteiger partial charge in [-0.3, -0.25) is 14.6 Å². The Morgan fingerprint density at radius 3 is 2.64 bits per heavy atom. The first-order valence-corrected chi connectivity index (χ1v) is 11.6. The lowest BCUT2D eigenvalue weighted by atomic mass is 10.1. The number of carbonyl (C=O) groups is 1. The number of rotatable bonds is 9.